The molecule has 10 heteroatoms. The van der Waals surface area contributed by atoms with Crippen LogP contribution in [0, 0.1) is 0 Å². The first-order chi connectivity index (χ1) is 6.95. The van der Waals surface area contributed by atoms with E-state index in [2.05, 4.69) is 4.74 Å². The second-order valence-corrected chi connectivity index (χ2v) is 2.82. The van der Waals surface area contributed by atoms with Gasteiger partial charge in [-0.2, -0.15) is 30.7 Å². The minimum absolute atomic E-state index is 2.72. The molecular weight excluding hydrogens is 259 g/mol. The summed E-state index contributed by atoms with van der Waals surface area (Å²) in [4.78, 5) is 0. The third kappa shape index (κ3) is 1.42. The van der Waals surface area contributed by atoms with Gasteiger partial charge in [0.05, 0.1) is 0 Å². The van der Waals surface area contributed by atoms with Crippen molar-refractivity contribution in [3.8, 4) is 0 Å². The molecule has 0 aromatic rings. The second kappa shape index (κ2) is 3.20. The van der Waals surface area contributed by atoms with Gasteiger partial charge in [0.1, 0.15) is 0 Å². The van der Waals surface area contributed by atoms with Gasteiger partial charge in [-0.15, -0.1) is 0 Å². The smallest absolute Gasteiger partial charge is 0.439 e. The maximum Gasteiger partial charge on any atom is 0.441 e. The van der Waals surface area contributed by atoms with E-state index in [-0.39, 0.29) is 0 Å². The molecule has 0 radical (unpaired) electrons. The van der Waals surface area contributed by atoms with Crippen LogP contribution in [0.4, 0.5) is 39.5 Å². The number of hydrogen-bond acceptors (Lipinski definition) is 1. The average molecular weight is 260 g/mol. The molecule has 0 fully saturated rings. The summed E-state index contributed by atoms with van der Waals surface area (Å²) >= 11 is 0. The number of halogens is 9. The van der Waals surface area contributed by atoms with Crippen LogP contribution in [-0.4, -0.2) is 24.1 Å². The molecular formula is C6HF9O. The van der Waals surface area contributed by atoms with Gasteiger partial charge in [0.15, 0.2) is 0 Å². The summed E-state index contributed by atoms with van der Waals surface area (Å²) in [6.07, 6.45) is -17.0. The SMILES string of the molecule is FC1=C(F)C(F)C(C(F)(F)F)(C(F)(F)F)O1. The van der Waals surface area contributed by atoms with E-state index in [4.69, 9.17) is 0 Å². The first kappa shape index (κ1) is 13.0. The van der Waals surface area contributed by atoms with Crippen molar-refractivity contribution < 1.29 is 44.3 Å². The fourth-order valence-corrected chi connectivity index (χ4v) is 1.08. The third-order valence-corrected chi connectivity index (χ3v) is 1.86. The lowest BCUT2D eigenvalue weighted by molar-refractivity contribution is -0.380. The summed E-state index contributed by atoms with van der Waals surface area (Å²) in [5, 5.41) is 0. The molecule has 0 saturated heterocycles. The minimum atomic E-state index is -6.35. The second-order valence-electron chi connectivity index (χ2n) is 2.82. The number of rotatable bonds is 0. The molecule has 1 unspecified atom stereocenters. The van der Waals surface area contributed by atoms with Gasteiger partial charge in [0, 0.05) is 0 Å². The Morgan fingerprint density at radius 2 is 1.31 bits per heavy atom. The zero-order valence-electron chi connectivity index (χ0n) is 6.89. The summed E-state index contributed by atoms with van der Waals surface area (Å²) < 4.78 is 112. The van der Waals surface area contributed by atoms with Crippen molar-refractivity contribution in [3.63, 3.8) is 0 Å². The molecule has 1 nitrogen and oxygen atoms in total. The van der Waals surface area contributed by atoms with Crippen LogP contribution >= 0.6 is 0 Å². The van der Waals surface area contributed by atoms with Crippen LogP contribution in [0.1, 0.15) is 0 Å². The fraction of sp³-hybridized carbons (Fsp3) is 0.667. The van der Waals surface area contributed by atoms with Gasteiger partial charge in [-0.1, -0.05) is 0 Å². The fourth-order valence-electron chi connectivity index (χ4n) is 1.08. The summed E-state index contributed by atoms with van der Waals surface area (Å²) in [7, 11) is 0. The van der Waals surface area contributed by atoms with Gasteiger partial charge in [0.2, 0.25) is 12.0 Å². The van der Waals surface area contributed by atoms with Crippen molar-refractivity contribution in [1.82, 2.24) is 0 Å². The molecule has 0 aromatic heterocycles. The van der Waals surface area contributed by atoms with Crippen LogP contribution in [0.25, 0.3) is 0 Å². The van der Waals surface area contributed by atoms with E-state index in [0.717, 1.165) is 0 Å². The Balaban J connectivity index is 3.34. The number of alkyl halides is 7. The van der Waals surface area contributed by atoms with Gasteiger partial charge in [-0.25, -0.2) is 8.78 Å². The Kier molecular flexibility index (Phi) is 2.60. The topological polar surface area (TPSA) is 9.23 Å². The zero-order valence-corrected chi connectivity index (χ0v) is 6.89. The normalized spacial score (nSPS) is 25.9. The maximum absolute atomic E-state index is 12.6. The molecule has 0 aromatic carbocycles. The maximum atomic E-state index is 12.6. The molecule has 1 atom stereocenters. The molecule has 0 aliphatic carbocycles. The summed E-state index contributed by atoms with van der Waals surface area (Å²) in [6, 6.07) is -2.86. The molecule has 0 saturated carbocycles. The van der Waals surface area contributed by atoms with E-state index in [1.165, 1.54) is 0 Å². The summed E-state index contributed by atoms with van der Waals surface area (Å²) in [6.45, 7) is 0. The molecule has 0 amide bonds. The molecule has 1 aliphatic heterocycles. The highest BCUT2D eigenvalue weighted by atomic mass is 19.4. The third-order valence-electron chi connectivity index (χ3n) is 1.86. The first-order valence-corrected chi connectivity index (χ1v) is 3.47. The molecule has 0 spiro atoms. The molecule has 1 aliphatic rings. The monoisotopic (exact) mass is 260 g/mol. The van der Waals surface area contributed by atoms with E-state index >= 15 is 0 Å². The zero-order chi connectivity index (χ0) is 12.9. The van der Waals surface area contributed by atoms with Crippen molar-refractivity contribution >= 4 is 0 Å². The van der Waals surface area contributed by atoms with Crippen LogP contribution in [0.5, 0.6) is 0 Å². The van der Waals surface area contributed by atoms with Crippen LogP contribution in [-0.2, 0) is 4.74 Å². The quantitative estimate of drug-likeness (QED) is 0.607. The lowest BCUT2D eigenvalue weighted by atomic mass is 9.97. The Morgan fingerprint density at radius 1 is 0.938 bits per heavy atom. The van der Waals surface area contributed by atoms with E-state index in [0.29, 0.717) is 0 Å². The molecule has 16 heavy (non-hydrogen) atoms. The molecule has 0 N–H and O–H groups in total. The van der Waals surface area contributed by atoms with Gasteiger partial charge in [-0.05, 0) is 0 Å². The van der Waals surface area contributed by atoms with Crippen LogP contribution in [0.2, 0.25) is 0 Å². The van der Waals surface area contributed by atoms with E-state index in [1.807, 2.05) is 0 Å². The van der Waals surface area contributed by atoms with Crippen molar-refractivity contribution in [3.05, 3.63) is 11.8 Å². The highest BCUT2D eigenvalue weighted by Crippen LogP contribution is 2.55. The van der Waals surface area contributed by atoms with E-state index < -0.39 is 36.0 Å². The highest BCUT2D eigenvalue weighted by molar-refractivity contribution is 5.21. The first-order valence-electron chi connectivity index (χ1n) is 3.47. The van der Waals surface area contributed by atoms with Crippen LogP contribution in [0.3, 0.4) is 0 Å². The molecule has 1 rings (SSSR count). The lowest BCUT2D eigenvalue weighted by Gasteiger charge is -2.33. The van der Waals surface area contributed by atoms with E-state index in [9.17, 15) is 39.5 Å². The lowest BCUT2D eigenvalue weighted by Crippen LogP contribution is -2.62. The van der Waals surface area contributed by atoms with Gasteiger partial charge >= 0.3 is 24.0 Å². The van der Waals surface area contributed by atoms with Gasteiger partial charge in [-0.3, -0.25) is 0 Å². The minimum Gasteiger partial charge on any atom is -0.439 e. The standard InChI is InChI=1S/C6HF9O/c7-1-2(8)4(5(10,11)12,6(13,14)15)16-3(1)9/h2H. The van der Waals surface area contributed by atoms with Gasteiger partial charge < -0.3 is 4.74 Å². The highest BCUT2D eigenvalue weighted by Gasteiger charge is 2.82. The Hall–Kier alpha value is -1.09. The molecule has 0 bridgehead atoms. The molecule has 94 valence electrons. The van der Waals surface area contributed by atoms with Gasteiger partial charge in [0.25, 0.3) is 0 Å². The summed E-state index contributed by atoms with van der Waals surface area (Å²) in [5.41, 5.74) is -5.52. The predicted octanol–water partition coefficient (Wildman–Crippen LogP) is 3.33. The Morgan fingerprint density at radius 3 is 1.44 bits per heavy atom. The predicted molar refractivity (Wildman–Crippen MR) is 30.1 cm³/mol. The van der Waals surface area contributed by atoms with Crippen molar-refractivity contribution in [2.45, 2.75) is 24.1 Å². The van der Waals surface area contributed by atoms with Crippen LogP contribution in [0.15, 0.2) is 11.8 Å². The van der Waals surface area contributed by atoms with Crippen molar-refractivity contribution in [2.75, 3.05) is 0 Å². The number of hydrogen-bond donors (Lipinski definition) is 0. The van der Waals surface area contributed by atoms with Crippen molar-refractivity contribution in [2.24, 2.45) is 0 Å². The Bertz CT molecular complexity index is 310. The number of ether oxygens (including phenoxy) is 1. The Labute approximate surface area is 81.5 Å². The average Bonchev–Trinajstić information content (AvgIpc) is 2.27. The van der Waals surface area contributed by atoms with E-state index in [1.54, 1.807) is 0 Å². The van der Waals surface area contributed by atoms with Crippen molar-refractivity contribution in [1.29, 1.82) is 0 Å². The molecule has 1 heterocycles. The van der Waals surface area contributed by atoms with Crippen LogP contribution < -0.4 is 0 Å². The summed E-state index contributed by atoms with van der Waals surface area (Å²) in [5.74, 6) is -2.87. The largest absolute Gasteiger partial charge is 0.441 e.